The summed E-state index contributed by atoms with van der Waals surface area (Å²) in [5.74, 6) is -0.915. The van der Waals surface area contributed by atoms with Crippen molar-refractivity contribution in [3.05, 3.63) is 12.2 Å². The zero-order chi connectivity index (χ0) is 10.0. The van der Waals surface area contributed by atoms with Crippen molar-refractivity contribution in [3.63, 3.8) is 0 Å². The summed E-state index contributed by atoms with van der Waals surface area (Å²) in [6.07, 6.45) is 1.51. The summed E-state index contributed by atoms with van der Waals surface area (Å²) in [6.45, 7) is 3.71. The summed E-state index contributed by atoms with van der Waals surface area (Å²) in [7, 11) is 1.74. The third-order valence-electron chi connectivity index (χ3n) is 1.96. The molecule has 1 unspecified atom stereocenters. The van der Waals surface area contributed by atoms with Gasteiger partial charge < -0.3 is 9.67 Å². The van der Waals surface area contributed by atoms with E-state index in [1.54, 1.807) is 11.6 Å². The minimum atomic E-state index is -0.855. The second-order valence-corrected chi connectivity index (χ2v) is 3.36. The van der Waals surface area contributed by atoms with Gasteiger partial charge in [0.2, 0.25) is 0 Å². The van der Waals surface area contributed by atoms with Crippen LogP contribution in [-0.4, -0.2) is 25.8 Å². The smallest absolute Gasteiger partial charge is 0.314 e. The molecule has 72 valence electrons. The number of nitrogens with zero attached hydrogens (tertiary/aromatic N) is 3. The molecule has 0 spiro atoms. The Labute approximate surface area is 76.4 Å². The molecule has 0 aliphatic carbocycles. The monoisotopic (exact) mass is 183 g/mol. The molecule has 1 rings (SSSR count). The average Bonchev–Trinajstić information content (AvgIpc) is 2.35. The summed E-state index contributed by atoms with van der Waals surface area (Å²) < 4.78 is 1.64. The van der Waals surface area contributed by atoms with Gasteiger partial charge in [0.1, 0.15) is 18.1 Å². The van der Waals surface area contributed by atoms with Gasteiger partial charge in [-0.05, 0) is 5.92 Å². The number of carbonyl (C=O) groups is 1. The minimum absolute atomic E-state index is 0.0143. The highest BCUT2D eigenvalue weighted by molar-refractivity contribution is 5.75. The van der Waals surface area contributed by atoms with Crippen LogP contribution in [0.15, 0.2) is 6.33 Å². The predicted octanol–water partition coefficient (Wildman–Crippen LogP) is 0.639. The summed E-state index contributed by atoms with van der Waals surface area (Å²) >= 11 is 0. The Kier molecular flexibility index (Phi) is 2.65. The van der Waals surface area contributed by atoms with Crippen LogP contribution in [0, 0.1) is 5.92 Å². The Bertz CT molecular complexity index is 306. The maximum atomic E-state index is 10.9. The van der Waals surface area contributed by atoms with Gasteiger partial charge >= 0.3 is 5.97 Å². The maximum absolute atomic E-state index is 10.9. The van der Waals surface area contributed by atoms with E-state index in [1.807, 2.05) is 13.8 Å². The third kappa shape index (κ3) is 1.85. The standard InChI is InChI=1S/C8H13N3O2/c1-5(2)6(8(12)13)7-10-9-4-11(7)3/h4-6H,1-3H3,(H,12,13). The fourth-order valence-corrected chi connectivity index (χ4v) is 1.27. The molecule has 1 heterocycles. The highest BCUT2D eigenvalue weighted by atomic mass is 16.4. The topological polar surface area (TPSA) is 68.0 Å². The fourth-order valence-electron chi connectivity index (χ4n) is 1.27. The first kappa shape index (κ1) is 9.70. The Morgan fingerprint density at radius 1 is 1.62 bits per heavy atom. The van der Waals surface area contributed by atoms with E-state index >= 15 is 0 Å². The van der Waals surface area contributed by atoms with Crippen LogP contribution in [0.25, 0.3) is 0 Å². The van der Waals surface area contributed by atoms with E-state index in [2.05, 4.69) is 10.2 Å². The first-order valence-corrected chi connectivity index (χ1v) is 4.10. The number of aromatic nitrogens is 3. The van der Waals surface area contributed by atoms with Crippen LogP contribution >= 0.6 is 0 Å². The van der Waals surface area contributed by atoms with Gasteiger partial charge in [-0.15, -0.1) is 10.2 Å². The average molecular weight is 183 g/mol. The van der Waals surface area contributed by atoms with Crippen molar-refractivity contribution in [1.82, 2.24) is 14.8 Å². The fraction of sp³-hybridized carbons (Fsp3) is 0.625. The molecule has 0 bridgehead atoms. The number of hydrogen-bond acceptors (Lipinski definition) is 3. The number of aliphatic carboxylic acids is 1. The summed E-state index contributed by atoms with van der Waals surface area (Å²) in [5.41, 5.74) is 0. The lowest BCUT2D eigenvalue weighted by molar-refractivity contribution is -0.140. The molecule has 1 aromatic heterocycles. The highest BCUT2D eigenvalue weighted by Gasteiger charge is 2.27. The lowest BCUT2D eigenvalue weighted by Crippen LogP contribution is -2.21. The molecule has 0 aliphatic rings. The second kappa shape index (κ2) is 3.55. The molecule has 0 saturated carbocycles. The summed E-state index contributed by atoms with van der Waals surface area (Å²) in [4.78, 5) is 10.9. The molecule has 0 saturated heterocycles. The van der Waals surface area contributed by atoms with Crippen LogP contribution in [0.2, 0.25) is 0 Å². The first-order valence-electron chi connectivity index (χ1n) is 4.10. The van der Waals surface area contributed by atoms with Crippen LogP contribution in [0.4, 0.5) is 0 Å². The molecular formula is C8H13N3O2. The molecule has 5 heteroatoms. The van der Waals surface area contributed by atoms with E-state index in [4.69, 9.17) is 5.11 Å². The Morgan fingerprint density at radius 2 is 2.23 bits per heavy atom. The quantitative estimate of drug-likeness (QED) is 0.746. The Hall–Kier alpha value is -1.39. The summed E-state index contributed by atoms with van der Waals surface area (Å²) in [5, 5.41) is 16.4. The van der Waals surface area contributed by atoms with Gasteiger partial charge in [-0.2, -0.15) is 0 Å². The molecule has 0 fully saturated rings. The van der Waals surface area contributed by atoms with Crippen molar-refractivity contribution in [1.29, 1.82) is 0 Å². The van der Waals surface area contributed by atoms with E-state index in [-0.39, 0.29) is 5.92 Å². The van der Waals surface area contributed by atoms with Gasteiger partial charge in [-0.25, -0.2) is 0 Å². The molecule has 0 aliphatic heterocycles. The van der Waals surface area contributed by atoms with E-state index in [0.717, 1.165) is 0 Å². The van der Waals surface area contributed by atoms with Crippen molar-refractivity contribution in [2.45, 2.75) is 19.8 Å². The number of rotatable bonds is 3. The summed E-state index contributed by atoms with van der Waals surface area (Å²) in [6, 6.07) is 0. The molecule has 0 radical (unpaired) electrons. The molecular weight excluding hydrogens is 170 g/mol. The van der Waals surface area contributed by atoms with Gasteiger partial charge in [0, 0.05) is 7.05 Å². The Morgan fingerprint density at radius 3 is 2.54 bits per heavy atom. The molecule has 1 N–H and O–H groups in total. The second-order valence-electron chi connectivity index (χ2n) is 3.36. The molecule has 0 aromatic carbocycles. The normalized spacial score (nSPS) is 13.2. The highest BCUT2D eigenvalue weighted by Crippen LogP contribution is 2.21. The van der Waals surface area contributed by atoms with E-state index < -0.39 is 11.9 Å². The SMILES string of the molecule is CC(C)C(C(=O)O)c1nncn1C. The van der Waals surface area contributed by atoms with E-state index in [0.29, 0.717) is 5.82 Å². The van der Waals surface area contributed by atoms with Crippen molar-refractivity contribution in [2.24, 2.45) is 13.0 Å². The van der Waals surface area contributed by atoms with Gasteiger partial charge in [0.15, 0.2) is 0 Å². The molecule has 13 heavy (non-hydrogen) atoms. The molecule has 1 aromatic rings. The Balaban J connectivity index is 3.02. The molecule has 5 nitrogen and oxygen atoms in total. The van der Waals surface area contributed by atoms with Gasteiger partial charge in [-0.1, -0.05) is 13.8 Å². The largest absolute Gasteiger partial charge is 0.481 e. The number of carboxylic acids is 1. The van der Waals surface area contributed by atoms with Crippen LogP contribution in [0.5, 0.6) is 0 Å². The number of aryl methyl sites for hydroxylation is 1. The van der Waals surface area contributed by atoms with Crippen molar-refractivity contribution < 1.29 is 9.90 Å². The number of carboxylic acid groups (broad SMARTS) is 1. The van der Waals surface area contributed by atoms with Crippen LogP contribution < -0.4 is 0 Å². The lowest BCUT2D eigenvalue weighted by atomic mass is 9.95. The van der Waals surface area contributed by atoms with E-state index in [9.17, 15) is 4.79 Å². The van der Waals surface area contributed by atoms with Crippen molar-refractivity contribution >= 4 is 5.97 Å². The third-order valence-corrected chi connectivity index (χ3v) is 1.96. The number of hydrogen-bond donors (Lipinski definition) is 1. The minimum Gasteiger partial charge on any atom is -0.481 e. The van der Waals surface area contributed by atoms with Crippen LogP contribution in [0.1, 0.15) is 25.6 Å². The molecule has 0 amide bonds. The molecule has 1 atom stereocenters. The van der Waals surface area contributed by atoms with Crippen LogP contribution in [-0.2, 0) is 11.8 Å². The lowest BCUT2D eigenvalue weighted by Gasteiger charge is -2.14. The predicted molar refractivity (Wildman–Crippen MR) is 46.2 cm³/mol. The van der Waals surface area contributed by atoms with Gasteiger partial charge in [0.05, 0.1) is 0 Å². The maximum Gasteiger partial charge on any atom is 0.314 e. The first-order chi connectivity index (χ1) is 6.04. The van der Waals surface area contributed by atoms with Crippen molar-refractivity contribution in [3.8, 4) is 0 Å². The van der Waals surface area contributed by atoms with Gasteiger partial charge in [0.25, 0.3) is 0 Å². The van der Waals surface area contributed by atoms with Crippen LogP contribution in [0.3, 0.4) is 0 Å². The zero-order valence-electron chi connectivity index (χ0n) is 7.93. The van der Waals surface area contributed by atoms with Crippen molar-refractivity contribution in [2.75, 3.05) is 0 Å². The van der Waals surface area contributed by atoms with Gasteiger partial charge in [-0.3, -0.25) is 4.79 Å². The van der Waals surface area contributed by atoms with E-state index in [1.165, 1.54) is 6.33 Å². The zero-order valence-corrected chi connectivity index (χ0v) is 7.93.